The van der Waals surface area contributed by atoms with Gasteiger partial charge < -0.3 is 9.64 Å². The summed E-state index contributed by atoms with van der Waals surface area (Å²) in [4.78, 5) is 16.2. The topological polar surface area (TPSA) is 48.4 Å². The molecule has 1 heterocycles. The van der Waals surface area contributed by atoms with Gasteiger partial charge in [0.1, 0.15) is 5.75 Å². The second-order valence-corrected chi connectivity index (χ2v) is 12.8. The number of halogens is 3. The summed E-state index contributed by atoms with van der Waals surface area (Å²) in [6.45, 7) is 13.3. The quantitative estimate of drug-likeness (QED) is 0.244. The summed E-state index contributed by atoms with van der Waals surface area (Å²) in [6, 6.07) is 16.9. The Balaban J connectivity index is 2.12. The second-order valence-electron chi connectivity index (χ2n) is 8.84. The number of hydrogen-bond donors (Lipinski definition) is 0. The first-order chi connectivity index (χ1) is 18.2. The van der Waals surface area contributed by atoms with Crippen molar-refractivity contribution < 1.29 is 9.53 Å². The molecule has 0 bridgehead atoms. The molecule has 3 aromatic carbocycles. The van der Waals surface area contributed by atoms with Crippen molar-refractivity contribution in [2.75, 3.05) is 35.7 Å². The third-order valence-corrected chi connectivity index (χ3v) is 11.7. The first-order valence-corrected chi connectivity index (χ1v) is 15.5. The molecule has 0 spiro atoms. The van der Waals surface area contributed by atoms with Gasteiger partial charge in [-0.15, -0.1) is 0 Å². The van der Waals surface area contributed by atoms with Gasteiger partial charge in [0.25, 0.3) is 0 Å². The van der Waals surface area contributed by atoms with Crippen LogP contribution in [0.4, 0.5) is 21.9 Å². The van der Waals surface area contributed by atoms with Crippen LogP contribution < -0.4 is 19.6 Å². The summed E-state index contributed by atoms with van der Waals surface area (Å²) in [7, 11) is -3.00. The highest BCUT2D eigenvalue weighted by Gasteiger charge is 2.46. The van der Waals surface area contributed by atoms with Gasteiger partial charge in [-0.25, -0.2) is 18.9 Å². The molecule has 0 saturated carbocycles. The van der Waals surface area contributed by atoms with Gasteiger partial charge in [-0.05, 0) is 68.8 Å². The van der Waals surface area contributed by atoms with Crippen LogP contribution in [0.25, 0.3) is 0 Å². The first-order valence-electron chi connectivity index (χ1n) is 12.7. The predicted octanol–water partition coefficient (Wildman–Crippen LogP) is 9.15. The number of carbonyl (C=O) groups is 1. The van der Waals surface area contributed by atoms with E-state index < -0.39 is 13.4 Å². The fourth-order valence-corrected chi connectivity index (χ4v) is 8.92. The average molecular weight is 594 g/mol. The summed E-state index contributed by atoms with van der Waals surface area (Å²) < 4.78 is 15.3. The van der Waals surface area contributed by atoms with E-state index in [4.69, 9.17) is 44.3 Å². The van der Waals surface area contributed by atoms with E-state index >= 15 is 0 Å². The molecule has 4 rings (SSSR count). The molecule has 38 heavy (non-hydrogen) atoms. The van der Waals surface area contributed by atoms with Gasteiger partial charge in [0, 0.05) is 43.0 Å². The van der Waals surface area contributed by atoms with Crippen molar-refractivity contribution in [1.29, 1.82) is 0 Å². The van der Waals surface area contributed by atoms with E-state index in [1.165, 1.54) is 0 Å². The SMILES string of the molecule is CCN(CC)c1ccc2c(c1)OC(=O)N(c1ccc(Cl)c(Cl)c1)[P@]2(=Nc1ccc(C)c(Cl)c1)N(CC)CC. The van der Waals surface area contributed by atoms with E-state index in [9.17, 15) is 4.79 Å². The van der Waals surface area contributed by atoms with Crippen LogP contribution in [0.2, 0.25) is 15.1 Å². The number of rotatable bonds is 8. The third kappa shape index (κ3) is 5.17. The van der Waals surface area contributed by atoms with E-state index in [0.29, 0.717) is 45.3 Å². The van der Waals surface area contributed by atoms with Gasteiger partial charge >= 0.3 is 6.09 Å². The highest BCUT2D eigenvalue weighted by Crippen LogP contribution is 2.63. The average Bonchev–Trinajstić information content (AvgIpc) is 2.89. The number of nitrogens with zero attached hydrogens (tertiary/aromatic N) is 4. The number of anilines is 2. The van der Waals surface area contributed by atoms with Crippen LogP contribution in [0.1, 0.15) is 33.3 Å². The summed E-state index contributed by atoms with van der Waals surface area (Å²) in [5, 5.41) is 2.20. The van der Waals surface area contributed by atoms with Gasteiger partial charge in [-0.1, -0.05) is 54.7 Å². The summed E-state index contributed by atoms with van der Waals surface area (Å²) in [6.07, 6.45) is -0.519. The van der Waals surface area contributed by atoms with Crippen LogP contribution in [-0.4, -0.2) is 36.9 Å². The van der Waals surface area contributed by atoms with Crippen LogP contribution in [-0.2, 0) is 0 Å². The number of aryl methyl sites for hydroxylation is 1. The Bertz CT molecular complexity index is 1410. The molecule has 1 aliphatic heterocycles. The lowest BCUT2D eigenvalue weighted by molar-refractivity contribution is 0.210. The maximum Gasteiger partial charge on any atom is 0.425 e. The van der Waals surface area contributed by atoms with Crippen molar-refractivity contribution in [3.8, 4) is 5.75 Å². The van der Waals surface area contributed by atoms with Crippen LogP contribution >= 0.6 is 42.2 Å². The molecule has 0 N–H and O–H groups in total. The van der Waals surface area contributed by atoms with Crippen LogP contribution in [0.15, 0.2) is 59.3 Å². The lowest BCUT2D eigenvalue weighted by Crippen LogP contribution is -2.46. The molecule has 202 valence electrons. The highest BCUT2D eigenvalue weighted by atomic mass is 35.5. The van der Waals surface area contributed by atoms with E-state index in [1.807, 2.05) is 37.3 Å². The molecular weight excluding hydrogens is 562 g/mol. The van der Waals surface area contributed by atoms with E-state index in [2.05, 4.69) is 43.3 Å². The lowest BCUT2D eigenvalue weighted by Gasteiger charge is -2.45. The maximum atomic E-state index is 14.0. The zero-order chi connectivity index (χ0) is 27.6. The van der Waals surface area contributed by atoms with Gasteiger partial charge in [-0.2, -0.15) is 0 Å². The minimum absolute atomic E-state index is 0.343. The smallest absolute Gasteiger partial charge is 0.409 e. The first kappa shape index (κ1) is 28.8. The third-order valence-electron chi connectivity index (χ3n) is 6.73. The Kier molecular flexibility index (Phi) is 9.01. The summed E-state index contributed by atoms with van der Waals surface area (Å²) in [5.74, 6) is 0.512. The van der Waals surface area contributed by atoms with Crippen molar-refractivity contribution in [2.24, 2.45) is 4.74 Å². The van der Waals surface area contributed by atoms with Crippen molar-refractivity contribution in [3.63, 3.8) is 0 Å². The van der Waals surface area contributed by atoms with Crippen LogP contribution in [0.5, 0.6) is 5.75 Å². The molecule has 6 nitrogen and oxygen atoms in total. The second kappa shape index (κ2) is 11.9. The van der Waals surface area contributed by atoms with Crippen molar-refractivity contribution in [1.82, 2.24) is 4.67 Å². The lowest BCUT2D eigenvalue weighted by atomic mass is 10.2. The fourth-order valence-electron chi connectivity index (χ4n) is 4.72. The zero-order valence-corrected chi connectivity index (χ0v) is 25.4. The fraction of sp³-hybridized carbons (Fsp3) is 0.321. The molecule has 1 amide bonds. The molecule has 10 heteroatoms. The molecule has 1 aliphatic rings. The standard InChI is InChI=1S/C28H32Cl3N4O2P/c1-6-33(7-2)21-13-15-27-26(18-21)37-28(36)35(22-12-14-23(29)25(31)17-22)38(27,34(8-3)9-4)32-20-11-10-19(5)24(30)16-20/h10-18H,6-9H2,1-5H3/t38-/m1/s1. The monoisotopic (exact) mass is 592 g/mol. The maximum absolute atomic E-state index is 14.0. The molecule has 0 radical (unpaired) electrons. The highest BCUT2D eigenvalue weighted by molar-refractivity contribution is 7.74. The molecule has 0 aromatic heterocycles. The Morgan fingerprint density at radius 2 is 1.55 bits per heavy atom. The Morgan fingerprint density at radius 1 is 0.842 bits per heavy atom. The number of amides is 1. The largest absolute Gasteiger partial charge is 0.425 e. The number of fused-ring (bicyclic) bond motifs is 1. The van der Waals surface area contributed by atoms with Crippen molar-refractivity contribution in [3.05, 3.63) is 75.2 Å². The summed E-state index contributed by atoms with van der Waals surface area (Å²) in [5.41, 5.74) is 3.18. The van der Waals surface area contributed by atoms with E-state index in [0.717, 1.165) is 29.6 Å². The normalized spacial score (nSPS) is 16.9. The van der Waals surface area contributed by atoms with Gasteiger partial charge in [-0.3, -0.25) is 0 Å². The Hall–Kier alpha value is -2.21. The van der Waals surface area contributed by atoms with Gasteiger partial charge in [0.2, 0.25) is 0 Å². The molecule has 3 aromatic rings. The summed E-state index contributed by atoms with van der Waals surface area (Å²) >= 11 is 19.2. The zero-order valence-electron chi connectivity index (χ0n) is 22.2. The van der Waals surface area contributed by atoms with Crippen molar-refractivity contribution >= 4 is 70.6 Å². The van der Waals surface area contributed by atoms with Gasteiger partial charge in [0.05, 0.1) is 26.7 Å². The number of carbonyl (C=O) groups excluding carboxylic acids is 1. The Morgan fingerprint density at radius 3 is 2.16 bits per heavy atom. The molecule has 0 saturated heterocycles. The molecule has 0 aliphatic carbocycles. The predicted molar refractivity (Wildman–Crippen MR) is 163 cm³/mol. The molecule has 1 atom stereocenters. The van der Waals surface area contributed by atoms with Crippen LogP contribution in [0, 0.1) is 6.92 Å². The van der Waals surface area contributed by atoms with E-state index in [1.54, 1.807) is 22.9 Å². The number of benzene rings is 3. The minimum Gasteiger partial charge on any atom is -0.409 e. The molecular formula is C28H32Cl3N4O2P. The number of ether oxygens (including phenoxy) is 1. The van der Waals surface area contributed by atoms with Gasteiger partial charge in [0.15, 0.2) is 7.36 Å². The van der Waals surface area contributed by atoms with E-state index in [-0.39, 0.29) is 0 Å². The molecule has 0 unspecified atom stereocenters. The molecule has 0 fully saturated rings. The number of hydrogen-bond acceptors (Lipinski definition) is 4. The van der Waals surface area contributed by atoms with Crippen molar-refractivity contribution in [2.45, 2.75) is 34.6 Å². The Labute approximate surface area is 240 Å². The van der Waals surface area contributed by atoms with Crippen LogP contribution in [0.3, 0.4) is 0 Å². The minimum atomic E-state index is -3.00.